The van der Waals surface area contributed by atoms with Crippen molar-refractivity contribution in [3.8, 4) is 17.2 Å². The highest BCUT2D eigenvalue weighted by Crippen LogP contribution is 2.38. The van der Waals surface area contributed by atoms with Gasteiger partial charge in [-0.05, 0) is 60.2 Å². The summed E-state index contributed by atoms with van der Waals surface area (Å²) in [7, 11) is -2.59. The lowest BCUT2D eigenvalue weighted by Crippen LogP contribution is -2.16. The Balaban J connectivity index is 1.70. The van der Waals surface area contributed by atoms with E-state index in [1.807, 2.05) is 0 Å². The first-order valence-corrected chi connectivity index (χ1v) is 14.8. The molecule has 3 aromatic rings. The van der Waals surface area contributed by atoms with Gasteiger partial charge >= 0.3 is 12.6 Å². The molecule has 0 aliphatic heterocycles. The van der Waals surface area contributed by atoms with Crippen LogP contribution in [0.3, 0.4) is 0 Å². The second-order valence-electron chi connectivity index (χ2n) is 9.25. The fourth-order valence-corrected chi connectivity index (χ4v) is 4.94. The van der Waals surface area contributed by atoms with E-state index in [1.54, 1.807) is 0 Å². The minimum Gasteiger partial charge on any atom is -0.495 e. The van der Waals surface area contributed by atoms with Crippen LogP contribution in [0.15, 0.2) is 60.8 Å². The number of hydrogen-bond donors (Lipinski definition) is 1. The number of aromatic nitrogens is 1. The van der Waals surface area contributed by atoms with Crippen molar-refractivity contribution < 1.29 is 40.9 Å². The van der Waals surface area contributed by atoms with E-state index in [0.29, 0.717) is 29.1 Å². The van der Waals surface area contributed by atoms with E-state index in [9.17, 15) is 22.0 Å². The molecule has 9 nitrogen and oxygen atoms in total. The summed E-state index contributed by atoms with van der Waals surface area (Å²) in [6, 6.07) is 8.24. The summed E-state index contributed by atoms with van der Waals surface area (Å²) in [6.45, 7) is 0.486. The number of pyridine rings is 1. The highest BCUT2D eigenvalue weighted by molar-refractivity contribution is 7.95. The molecule has 1 atom stereocenters. The number of anilines is 1. The molecule has 1 saturated carbocycles. The monoisotopic (exact) mass is 642 g/mol. The number of hydrogen-bond acceptors (Lipinski definition) is 8. The molecule has 1 heterocycles. The molecule has 2 aromatic carbocycles. The van der Waals surface area contributed by atoms with Gasteiger partial charge in [0.25, 0.3) is 10.0 Å². The summed E-state index contributed by atoms with van der Waals surface area (Å²) in [5.74, 6) is -0.488. The van der Waals surface area contributed by atoms with Crippen LogP contribution >= 0.6 is 23.2 Å². The number of nitrogens with one attached hydrogen (secondary N) is 1. The third-order valence-corrected chi connectivity index (χ3v) is 7.82. The van der Waals surface area contributed by atoms with E-state index >= 15 is 0 Å². The first kappa shape index (κ1) is 31.3. The molecule has 1 unspecified atom stereocenters. The Morgan fingerprint density at radius 3 is 2.43 bits per heavy atom. The smallest absolute Gasteiger partial charge is 0.387 e. The lowest BCUT2D eigenvalue weighted by atomic mass is 10.0. The summed E-state index contributed by atoms with van der Waals surface area (Å²) in [4.78, 5) is 17.3. The largest absolute Gasteiger partial charge is 0.495 e. The van der Waals surface area contributed by atoms with Gasteiger partial charge in [0.2, 0.25) is 0 Å². The van der Waals surface area contributed by atoms with Crippen molar-refractivity contribution >= 4 is 44.9 Å². The number of rotatable bonds is 14. The molecule has 0 radical (unpaired) electrons. The Bertz CT molecular complexity index is 1550. The first-order valence-electron chi connectivity index (χ1n) is 12.5. The Morgan fingerprint density at radius 2 is 1.81 bits per heavy atom. The van der Waals surface area contributed by atoms with E-state index in [0.717, 1.165) is 12.8 Å². The molecule has 42 heavy (non-hydrogen) atoms. The highest BCUT2D eigenvalue weighted by Gasteiger charge is 2.26. The van der Waals surface area contributed by atoms with Crippen LogP contribution in [0.4, 0.5) is 14.5 Å². The summed E-state index contributed by atoms with van der Waals surface area (Å²) in [6.07, 6.45) is 3.64. The minimum atomic E-state index is -3.92. The fraction of sp³-hybridized carbons (Fsp3) is 0.286. The molecule has 1 aromatic heterocycles. The van der Waals surface area contributed by atoms with Gasteiger partial charge in [-0.3, -0.25) is 9.71 Å². The molecule has 4 rings (SSSR count). The van der Waals surface area contributed by atoms with Crippen molar-refractivity contribution in [1.29, 1.82) is 0 Å². The third kappa shape index (κ3) is 8.24. The Labute approximate surface area is 251 Å². The molecule has 224 valence electrons. The van der Waals surface area contributed by atoms with E-state index in [4.69, 9.17) is 37.4 Å². The zero-order chi connectivity index (χ0) is 30.4. The summed E-state index contributed by atoms with van der Waals surface area (Å²) in [5, 5.41) is 1.15. The number of sulfonamides is 1. The topological polar surface area (TPSA) is 113 Å². The van der Waals surface area contributed by atoms with E-state index < -0.39 is 28.7 Å². The average Bonchev–Trinajstić information content (AvgIpc) is 3.78. The number of carbonyl (C=O) groups excluding carboxylic acids is 1. The van der Waals surface area contributed by atoms with E-state index in [1.165, 1.54) is 55.9 Å². The Kier molecular flexibility index (Phi) is 10.1. The second-order valence-corrected chi connectivity index (χ2v) is 11.7. The van der Waals surface area contributed by atoms with Crippen LogP contribution in [0.25, 0.3) is 0 Å². The molecule has 0 bridgehead atoms. The predicted octanol–water partition coefficient (Wildman–Crippen LogP) is 6.81. The Hall–Kier alpha value is -3.61. The number of alkyl halides is 2. The molecule has 0 amide bonds. The molecule has 1 aliphatic rings. The number of benzene rings is 2. The maximum absolute atomic E-state index is 13.4. The zero-order valence-electron chi connectivity index (χ0n) is 22.2. The SMILES string of the molecule is C=CS(=O)(=O)Nc1cc(C(=O)OC(Cc2c(Cl)cncc2Cl)c2ccc(OC(F)F)c(OCC3CC3)c2)ccc1OC. The van der Waals surface area contributed by atoms with Gasteiger partial charge in [0.1, 0.15) is 11.9 Å². The molecule has 1 N–H and O–H groups in total. The van der Waals surface area contributed by atoms with Crippen molar-refractivity contribution in [1.82, 2.24) is 4.98 Å². The molecule has 0 saturated heterocycles. The van der Waals surface area contributed by atoms with Crippen LogP contribution in [0, 0.1) is 5.92 Å². The predicted molar refractivity (Wildman–Crippen MR) is 153 cm³/mol. The highest BCUT2D eigenvalue weighted by atomic mass is 35.5. The first-order chi connectivity index (χ1) is 20.0. The van der Waals surface area contributed by atoms with Gasteiger partial charge in [-0.2, -0.15) is 8.78 Å². The van der Waals surface area contributed by atoms with E-state index in [2.05, 4.69) is 21.0 Å². The van der Waals surface area contributed by atoms with Crippen molar-refractivity contribution in [3.05, 3.63) is 87.5 Å². The minimum absolute atomic E-state index is 0.0163. The molecule has 0 spiro atoms. The maximum Gasteiger partial charge on any atom is 0.387 e. The van der Waals surface area contributed by atoms with Gasteiger partial charge in [0, 0.05) is 24.2 Å². The number of halogens is 4. The quantitative estimate of drug-likeness (QED) is 0.191. The number of nitrogens with zero attached hydrogens (tertiary/aromatic N) is 1. The average molecular weight is 643 g/mol. The number of ether oxygens (including phenoxy) is 4. The van der Waals surface area contributed by atoms with Gasteiger partial charge in [-0.25, -0.2) is 13.2 Å². The van der Waals surface area contributed by atoms with Crippen LogP contribution in [0.1, 0.15) is 40.4 Å². The summed E-state index contributed by atoms with van der Waals surface area (Å²) in [5.41, 5.74) is 0.764. The lowest BCUT2D eigenvalue weighted by Gasteiger charge is -2.22. The van der Waals surface area contributed by atoms with Gasteiger partial charge in [-0.15, -0.1) is 0 Å². The van der Waals surface area contributed by atoms with Crippen molar-refractivity contribution in [3.63, 3.8) is 0 Å². The van der Waals surface area contributed by atoms with Gasteiger partial charge < -0.3 is 18.9 Å². The lowest BCUT2D eigenvalue weighted by molar-refractivity contribution is -0.0515. The molecule has 1 fully saturated rings. The van der Waals surface area contributed by atoms with Crippen LogP contribution < -0.4 is 18.9 Å². The van der Waals surface area contributed by atoms with Crippen molar-refractivity contribution in [2.75, 3.05) is 18.4 Å². The van der Waals surface area contributed by atoms with Crippen LogP contribution in [-0.4, -0.2) is 39.7 Å². The maximum atomic E-state index is 13.4. The third-order valence-electron chi connectivity index (χ3n) is 6.23. The van der Waals surface area contributed by atoms with Crippen molar-refractivity contribution in [2.45, 2.75) is 32.0 Å². The Morgan fingerprint density at radius 1 is 1.12 bits per heavy atom. The molecule has 14 heteroatoms. The molecular weight excluding hydrogens is 617 g/mol. The van der Waals surface area contributed by atoms with Crippen molar-refractivity contribution in [2.24, 2.45) is 5.92 Å². The summed E-state index contributed by atoms with van der Waals surface area (Å²) >= 11 is 12.7. The number of methoxy groups -OCH3 is 1. The van der Waals surface area contributed by atoms with Crippen LogP contribution in [-0.2, 0) is 21.2 Å². The fourth-order valence-electron chi connectivity index (χ4n) is 3.88. The van der Waals surface area contributed by atoms with Gasteiger partial charge in [0.15, 0.2) is 11.5 Å². The standard InChI is InChI=1S/C28H26Cl2F2N2O7S/c1-3-42(36,37)34-22-10-18(7-8-23(22)38-2)27(35)40-25(12-19-20(29)13-33-14-21(19)30)17-6-9-24(41-28(31)32)26(11-17)39-15-16-4-5-16/h3,6-11,13-14,16,25,28,34H,1,4-5,12,15H2,2H3. The van der Waals surface area contributed by atoms with Gasteiger partial charge in [-0.1, -0.05) is 35.8 Å². The zero-order valence-corrected chi connectivity index (χ0v) is 24.5. The number of esters is 1. The van der Waals surface area contributed by atoms with Gasteiger partial charge in [0.05, 0.1) is 35.0 Å². The molecule has 1 aliphatic carbocycles. The summed E-state index contributed by atoms with van der Waals surface area (Å²) < 4.78 is 74.1. The van der Waals surface area contributed by atoms with E-state index in [-0.39, 0.29) is 45.0 Å². The van der Waals surface area contributed by atoms with Crippen LogP contribution in [0.2, 0.25) is 10.0 Å². The van der Waals surface area contributed by atoms with Crippen LogP contribution in [0.5, 0.6) is 17.2 Å². The molecular formula is C28H26Cl2F2N2O7S. The normalized spacial score (nSPS) is 13.8. The second kappa shape index (κ2) is 13.6. The number of carbonyl (C=O) groups is 1.